The minimum absolute atomic E-state index is 0.0164. The number of aryl methyl sites for hydroxylation is 1. The highest BCUT2D eigenvalue weighted by Gasteiger charge is 2.25. The number of anilines is 1. The molecular formula is C14H13N3O4S. The second-order valence-corrected chi connectivity index (χ2v) is 5.36. The minimum atomic E-state index is -0.604. The van der Waals surface area contributed by atoms with Gasteiger partial charge in [-0.25, -0.2) is 0 Å². The molecule has 1 amide bonds. The molecule has 0 aliphatic heterocycles. The number of carbonyl (C=O) groups excluding carboxylic acids is 2. The predicted octanol–water partition coefficient (Wildman–Crippen LogP) is 2.09. The Kier molecular flexibility index (Phi) is 4.64. The maximum absolute atomic E-state index is 12.7. The number of nitrogens with zero attached hydrogens (tertiary/aromatic N) is 1. The second-order valence-electron chi connectivity index (χ2n) is 4.48. The topological polar surface area (TPSA) is 115 Å². The van der Waals surface area contributed by atoms with Gasteiger partial charge in [0.1, 0.15) is 10.6 Å². The summed E-state index contributed by atoms with van der Waals surface area (Å²) in [6, 6.07) is 5.71. The maximum Gasteiger partial charge on any atom is 0.280 e. The van der Waals surface area contributed by atoms with Gasteiger partial charge in [0.2, 0.25) is 11.7 Å². The Morgan fingerprint density at radius 2 is 2.05 bits per heavy atom. The van der Waals surface area contributed by atoms with Crippen LogP contribution in [0.3, 0.4) is 0 Å². The van der Waals surface area contributed by atoms with E-state index in [1.807, 2.05) is 0 Å². The monoisotopic (exact) mass is 319 g/mol. The first-order chi connectivity index (χ1) is 10.5. The zero-order valence-electron chi connectivity index (χ0n) is 11.7. The highest BCUT2D eigenvalue weighted by Crippen LogP contribution is 2.32. The molecule has 2 aromatic rings. The van der Waals surface area contributed by atoms with Crippen molar-refractivity contribution in [3.8, 4) is 0 Å². The molecule has 2 rings (SSSR count). The average molecular weight is 319 g/mol. The molecule has 7 nitrogen and oxygen atoms in total. The highest BCUT2D eigenvalue weighted by atomic mass is 32.1. The molecule has 0 spiro atoms. The number of nitrogens with one attached hydrogen (secondary N) is 1. The van der Waals surface area contributed by atoms with Crippen LogP contribution in [0, 0.1) is 17.0 Å². The molecule has 0 atom stereocenters. The Morgan fingerprint density at radius 3 is 2.68 bits per heavy atom. The van der Waals surface area contributed by atoms with Gasteiger partial charge in [-0.3, -0.25) is 19.7 Å². The van der Waals surface area contributed by atoms with Crippen molar-refractivity contribution in [2.75, 3.05) is 11.9 Å². The summed E-state index contributed by atoms with van der Waals surface area (Å²) in [5, 5.41) is 15.6. The number of ketones is 1. The Balaban J connectivity index is 2.49. The molecule has 0 bridgehead atoms. The molecular weight excluding hydrogens is 306 g/mol. The van der Waals surface area contributed by atoms with Crippen LogP contribution >= 0.6 is 11.3 Å². The van der Waals surface area contributed by atoms with Crippen LogP contribution in [-0.4, -0.2) is 23.2 Å². The van der Waals surface area contributed by atoms with Gasteiger partial charge in [-0.05, 0) is 23.9 Å². The first-order valence-electron chi connectivity index (χ1n) is 6.31. The lowest BCUT2D eigenvalue weighted by Gasteiger charge is -2.06. The van der Waals surface area contributed by atoms with Gasteiger partial charge in [0, 0.05) is 6.07 Å². The number of nitrogens with two attached hydrogens (primary N) is 1. The normalized spacial score (nSPS) is 10.3. The van der Waals surface area contributed by atoms with Gasteiger partial charge in [-0.2, -0.15) is 0 Å². The molecule has 1 aromatic heterocycles. The largest absolute Gasteiger partial charge is 0.322 e. The molecule has 0 saturated heterocycles. The van der Waals surface area contributed by atoms with Crippen molar-refractivity contribution < 1.29 is 14.5 Å². The van der Waals surface area contributed by atoms with E-state index < -0.39 is 16.6 Å². The Bertz CT molecular complexity index is 754. The summed E-state index contributed by atoms with van der Waals surface area (Å²) in [4.78, 5) is 34.5. The van der Waals surface area contributed by atoms with Crippen LogP contribution in [0.1, 0.15) is 21.5 Å². The van der Waals surface area contributed by atoms with Crippen LogP contribution in [-0.2, 0) is 4.79 Å². The van der Waals surface area contributed by atoms with E-state index in [0.29, 0.717) is 10.6 Å². The number of hydrogen-bond donors (Lipinski definition) is 2. The minimum Gasteiger partial charge on any atom is -0.322 e. The van der Waals surface area contributed by atoms with Gasteiger partial charge >= 0.3 is 0 Å². The standard InChI is InChI=1S/C14H13N3O4S/c1-8-7-22-14(16-11(18)6-15)12(8)13(19)9-4-2-3-5-10(9)17(20)21/h2-5,7H,6,15H2,1H3,(H,16,18). The van der Waals surface area contributed by atoms with E-state index >= 15 is 0 Å². The molecule has 0 radical (unpaired) electrons. The predicted molar refractivity (Wildman–Crippen MR) is 83.3 cm³/mol. The van der Waals surface area contributed by atoms with Gasteiger partial charge in [-0.15, -0.1) is 11.3 Å². The first-order valence-corrected chi connectivity index (χ1v) is 7.19. The van der Waals surface area contributed by atoms with Crippen LogP contribution in [0.2, 0.25) is 0 Å². The van der Waals surface area contributed by atoms with E-state index in [4.69, 9.17) is 5.73 Å². The number of amides is 1. The Labute approximate surface area is 129 Å². The van der Waals surface area contributed by atoms with Crippen molar-refractivity contribution in [2.45, 2.75) is 6.92 Å². The van der Waals surface area contributed by atoms with Gasteiger partial charge in [-0.1, -0.05) is 12.1 Å². The van der Waals surface area contributed by atoms with E-state index in [9.17, 15) is 19.7 Å². The molecule has 0 aliphatic rings. The lowest BCUT2D eigenvalue weighted by atomic mass is 10.0. The number of para-hydroxylation sites is 1. The molecule has 0 saturated carbocycles. The number of benzene rings is 1. The van der Waals surface area contributed by atoms with Crippen LogP contribution < -0.4 is 11.1 Å². The van der Waals surface area contributed by atoms with E-state index in [1.165, 1.54) is 29.5 Å². The van der Waals surface area contributed by atoms with Gasteiger partial charge in [0.15, 0.2) is 0 Å². The first kappa shape index (κ1) is 15.8. The number of carbonyl (C=O) groups is 2. The molecule has 114 valence electrons. The van der Waals surface area contributed by atoms with E-state index in [2.05, 4.69) is 5.32 Å². The number of hydrogen-bond acceptors (Lipinski definition) is 6. The summed E-state index contributed by atoms with van der Waals surface area (Å²) in [7, 11) is 0. The highest BCUT2D eigenvalue weighted by molar-refractivity contribution is 7.15. The van der Waals surface area contributed by atoms with Gasteiger partial charge in [0.25, 0.3) is 5.69 Å². The van der Waals surface area contributed by atoms with Crippen molar-refractivity contribution in [3.05, 3.63) is 56.5 Å². The summed E-state index contributed by atoms with van der Waals surface area (Å²) in [5.74, 6) is -0.933. The third kappa shape index (κ3) is 3.02. The summed E-state index contributed by atoms with van der Waals surface area (Å²) in [6.45, 7) is 1.49. The molecule has 0 unspecified atom stereocenters. The summed E-state index contributed by atoms with van der Waals surface area (Å²) in [6.07, 6.45) is 0. The molecule has 22 heavy (non-hydrogen) atoms. The molecule has 0 fully saturated rings. The third-order valence-corrected chi connectivity index (χ3v) is 4.00. The van der Waals surface area contributed by atoms with Crippen molar-refractivity contribution in [3.63, 3.8) is 0 Å². The second kappa shape index (κ2) is 6.46. The van der Waals surface area contributed by atoms with Crippen LogP contribution in [0.5, 0.6) is 0 Å². The summed E-state index contributed by atoms with van der Waals surface area (Å²) >= 11 is 1.18. The quantitative estimate of drug-likeness (QED) is 0.497. The van der Waals surface area contributed by atoms with E-state index in [1.54, 1.807) is 18.4 Å². The lowest BCUT2D eigenvalue weighted by Crippen LogP contribution is -2.22. The smallest absolute Gasteiger partial charge is 0.280 e. The number of thiophene rings is 1. The molecule has 8 heteroatoms. The number of rotatable bonds is 5. The Hall–Kier alpha value is -2.58. The van der Waals surface area contributed by atoms with Crippen molar-refractivity contribution in [1.29, 1.82) is 0 Å². The van der Waals surface area contributed by atoms with Crippen molar-refractivity contribution in [1.82, 2.24) is 0 Å². The van der Waals surface area contributed by atoms with Gasteiger partial charge in [0.05, 0.1) is 17.0 Å². The molecule has 3 N–H and O–H groups in total. The van der Waals surface area contributed by atoms with Crippen LogP contribution in [0.25, 0.3) is 0 Å². The summed E-state index contributed by atoms with van der Waals surface area (Å²) in [5.41, 5.74) is 5.85. The SMILES string of the molecule is Cc1csc(NC(=O)CN)c1C(=O)c1ccccc1[N+](=O)[O-]. The summed E-state index contributed by atoms with van der Waals surface area (Å²) < 4.78 is 0. The third-order valence-electron chi connectivity index (χ3n) is 2.99. The van der Waals surface area contributed by atoms with Crippen LogP contribution in [0.15, 0.2) is 29.6 Å². The zero-order valence-corrected chi connectivity index (χ0v) is 12.5. The molecule has 1 heterocycles. The van der Waals surface area contributed by atoms with E-state index in [0.717, 1.165) is 0 Å². The van der Waals surface area contributed by atoms with Gasteiger partial charge < -0.3 is 11.1 Å². The molecule has 0 aliphatic carbocycles. The molecule has 1 aromatic carbocycles. The maximum atomic E-state index is 12.7. The van der Waals surface area contributed by atoms with E-state index in [-0.39, 0.29) is 23.4 Å². The van der Waals surface area contributed by atoms with Crippen molar-refractivity contribution in [2.24, 2.45) is 5.73 Å². The fraction of sp³-hybridized carbons (Fsp3) is 0.143. The fourth-order valence-corrected chi connectivity index (χ4v) is 2.91. The van der Waals surface area contributed by atoms with Crippen LogP contribution in [0.4, 0.5) is 10.7 Å². The number of nitro benzene ring substituents is 1. The lowest BCUT2D eigenvalue weighted by molar-refractivity contribution is -0.385. The average Bonchev–Trinajstić information content (AvgIpc) is 2.87. The van der Waals surface area contributed by atoms with Crippen molar-refractivity contribution >= 4 is 33.7 Å². The zero-order chi connectivity index (χ0) is 16.3. The Morgan fingerprint density at radius 1 is 1.36 bits per heavy atom. The fourth-order valence-electron chi connectivity index (χ4n) is 1.96. The number of nitro groups is 1.